The zero-order valence-corrected chi connectivity index (χ0v) is 9.32. The summed E-state index contributed by atoms with van der Waals surface area (Å²) in [6.45, 7) is 3.72. The average molecular weight is 210 g/mol. The number of esters is 1. The van der Waals surface area contributed by atoms with E-state index in [1.54, 1.807) is 6.20 Å². The number of H-pyrrole nitrogens is 1. The third kappa shape index (κ3) is 5.20. The van der Waals surface area contributed by atoms with E-state index in [4.69, 9.17) is 4.74 Å². The maximum Gasteiger partial charge on any atom is 0.306 e. The van der Waals surface area contributed by atoms with Crippen LogP contribution in [0.15, 0.2) is 12.4 Å². The molecule has 0 aromatic carbocycles. The highest BCUT2D eigenvalue weighted by Gasteiger charge is 2.04. The molecule has 0 aliphatic heterocycles. The molecule has 0 spiro atoms. The van der Waals surface area contributed by atoms with Crippen molar-refractivity contribution in [2.45, 2.75) is 45.6 Å². The maximum absolute atomic E-state index is 11.2. The molecular formula is C11H18N2O2. The van der Waals surface area contributed by atoms with Gasteiger partial charge in [0.05, 0.1) is 6.10 Å². The maximum atomic E-state index is 11.2. The summed E-state index contributed by atoms with van der Waals surface area (Å²) in [5.74, 6) is 0.872. The lowest BCUT2D eigenvalue weighted by molar-refractivity contribution is -0.147. The van der Waals surface area contributed by atoms with Crippen LogP contribution in [-0.2, 0) is 16.0 Å². The van der Waals surface area contributed by atoms with Crippen molar-refractivity contribution in [1.29, 1.82) is 0 Å². The second-order valence-electron chi connectivity index (χ2n) is 3.78. The van der Waals surface area contributed by atoms with E-state index in [1.807, 2.05) is 20.0 Å². The van der Waals surface area contributed by atoms with Gasteiger partial charge in [-0.2, -0.15) is 0 Å². The number of hydrogen-bond donors (Lipinski definition) is 1. The summed E-state index contributed by atoms with van der Waals surface area (Å²) >= 11 is 0. The summed E-state index contributed by atoms with van der Waals surface area (Å²) in [4.78, 5) is 18.3. The van der Waals surface area contributed by atoms with Crippen LogP contribution >= 0.6 is 0 Å². The van der Waals surface area contributed by atoms with Crippen molar-refractivity contribution in [3.8, 4) is 0 Å². The van der Waals surface area contributed by atoms with Crippen LogP contribution < -0.4 is 0 Å². The monoisotopic (exact) mass is 210 g/mol. The molecule has 0 atom stereocenters. The van der Waals surface area contributed by atoms with Crippen molar-refractivity contribution < 1.29 is 9.53 Å². The number of aryl methyl sites for hydroxylation is 1. The fourth-order valence-electron chi connectivity index (χ4n) is 1.32. The highest BCUT2D eigenvalue weighted by atomic mass is 16.5. The van der Waals surface area contributed by atoms with Gasteiger partial charge < -0.3 is 9.72 Å². The third-order valence-corrected chi connectivity index (χ3v) is 1.97. The van der Waals surface area contributed by atoms with Crippen molar-refractivity contribution >= 4 is 5.97 Å². The molecule has 1 aromatic rings. The fourth-order valence-corrected chi connectivity index (χ4v) is 1.32. The number of aromatic nitrogens is 2. The highest BCUT2D eigenvalue weighted by molar-refractivity contribution is 5.69. The highest BCUT2D eigenvalue weighted by Crippen LogP contribution is 2.04. The number of ether oxygens (including phenoxy) is 1. The lowest BCUT2D eigenvalue weighted by atomic mass is 10.2. The Labute approximate surface area is 90.1 Å². The Morgan fingerprint density at radius 1 is 1.53 bits per heavy atom. The quantitative estimate of drug-likeness (QED) is 0.577. The van der Waals surface area contributed by atoms with Crippen LogP contribution in [-0.4, -0.2) is 22.0 Å². The van der Waals surface area contributed by atoms with Gasteiger partial charge in [0.1, 0.15) is 5.82 Å². The first-order valence-corrected chi connectivity index (χ1v) is 5.36. The number of nitrogens with one attached hydrogen (secondary N) is 1. The normalized spacial score (nSPS) is 10.6. The second-order valence-corrected chi connectivity index (χ2v) is 3.78. The zero-order valence-electron chi connectivity index (χ0n) is 9.32. The molecule has 4 nitrogen and oxygen atoms in total. The standard InChI is InChI=1S/C11H18N2O2/c1-9(2)15-11(14)6-4-3-5-10-12-7-8-13-10/h7-9H,3-6H2,1-2H3,(H,12,13). The Balaban J connectivity index is 2.04. The molecule has 1 N–H and O–H groups in total. The number of nitrogens with zero attached hydrogens (tertiary/aromatic N) is 1. The molecule has 0 bridgehead atoms. The fraction of sp³-hybridized carbons (Fsp3) is 0.636. The molecule has 0 aliphatic rings. The van der Waals surface area contributed by atoms with Crippen LogP contribution in [0.2, 0.25) is 0 Å². The summed E-state index contributed by atoms with van der Waals surface area (Å²) in [7, 11) is 0. The van der Waals surface area contributed by atoms with Gasteiger partial charge in [-0.25, -0.2) is 4.98 Å². The van der Waals surface area contributed by atoms with Gasteiger partial charge in [-0.05, 0) is 26.7 Å². The molecule has 4 heteroatoms. The van der Waals surface area contributed by atoms with Crippen molar-refractivity contribution in [3.63, 3.8) is 0 Å². The second kappa shape index (κ2) is 6.22. The summed E-state index contributed by atoms with van der Waals surface area (Å²) in [6.07, 6.45) is 6.74. The molecule has 0 aliphatic carbocycles. The molecule has 0 unspecified atom stereocenters. The van der Waals surface area contributed by atoms with E-state index < -0.39 is 0 Å². The first-order chi connectivity index (χ1) is 7.18. The predicted octanol–water partition coefficient (Wildman–Crippen LogP) is 2.07. The van der Waals surface area contributed by atoms with E-state index in [-0.39, 0.29) is 12.1 Å². The topological polar surface area (TPSA) is 55.0 Å². The molecule has 1 aromatic heterocycles. The molecule has 84 valence electrons. The lowest BCUT2D eigenvalue weighted by Crippen LogP contribution is -2.10. The number of carbonyl (C=O) groups excluding carboxylic acids is 1. The summed E-state index contributed by atoms with van der Waals surface area (Å²) < 4.78 is 5.03. The molecule has 0 fully saturated rings. The van der Waals surface area contributed by atoms with Gasteiger partial charge in [0.25, 0.3) is 0 Å². The summed E-state index contributed by atoms with van der Waals surface area (Å²) in [5, 5.41) is 0. The van der Waals surface area contributed by atoms with Gasteiger partial charge in [-0.15, -0.1) is 0 Å². The van der Waals surface area contributed by atoms with Crippen molar-refractivity contribution in [3.05, 3.63) is 18.2 Å². The minimum absolute atomic E-state index is 0.0115. The van der Waals surface area contributed by atoms with E-state index in [0.29, 0.717) is 6.42 Å². The first kappa shape index (κ1) is 11.8. The van der Waals surface area contributed by atoms with E-state index in [9.17, 15) is 4.79 Å². The first-order valence-electron chi connectivity index (χ1n) is 5.36. The number of hydrogen-bond acceptors (Lipinski definition) is 3. The van der Waals surface area contributed by atoms with Crippen LogP contribution in [0, 0.1) is 0 Å². The van der Waals surface area contributed by atoms with Crippen molar-refractivity contribution in [1.82, 2.24) is 9.97 Å². The largest absolute Gasteiger partial charge is 0.463 e. The number of unbranched alkanes of at least 4 members (excludes halogenated alkanes) is 1. The van der Waals surface area contributed by atoms with Gasteiger partial charge in [0.2, 0.25) is 0 Å². The van der Waals surface area contributed by atoms with E-state index >= 15 is 0 Å². The molecule has 1 heterocycles. The van der Waals surface area contributed by atoms with E-state index in [0.717, 1.165) is 25.1 Å². The Morgan fingerprint density at radius 2 is 2.33 bits per heavy atom. The number of aromatic amines is 1. The molecule has 1 rings (SSSR count). The Hall–Kier alpha value is -1.32. The SMILES string of the molecule is CC(C)OC(=O)CCCCc1ncc[nH]1. The number of rotatable bonds is 6. The van der Waals surface area contributed by atoms with Gasteiger partial charge in [-0.1, -0.05) is 0 Å². The Kier molecular flexibility index (Phi) is 4.87. The minimum Gasteiger partial charge on any atom is -0.463 e. The average Bonchev–Trinajstić information content (AvgIpc) is 2.63. The van der Waals surface area contributed by atoms with Crippen LogP contribution in [0.1, 0.15) is 38.9 Å². The molecule has 0 saturated heterocycles. The molecule has 15 heavy (non-hydrogen) atoms. The smallest absolute Gasteiger partial charge is 0.306 e. The Morgan fingerprint density at radius 3 is 2.93 bits per heavy atom. The van der Waals surface area contributed by atoms with E-state index in [2.05, 4.69) is 9.97 Å². The van der Waals surface area contributed by atoms with Gasteiger partial charge in [-0.3, -0.25) is 4.79 Å². The summed E-state index contributed by atoms with van der Waals surface area (Å²) in [6, 6.07) is 0. The molecular weight excluding hydrogens is 192 g/mol. The lowest BCUT2D eigenvalue weighted by Gasteiger charge is -2.06. The van der Waals surface area contributed by atoms with Crippen LogP contribution in [0.25, 0.3) is 0 Å². The zero-order chi connectivity index (χ0) is 11.1. The van der Waals surface area contributed by atoms with Gasteiger partial charge in [0.15, 0.2) is 0 Å². The van der Waals surface area contributed by atoms with Crippen LogP contribution in [0.4, 0.5) is 0 Å². The predicted molar refractivity (Wildman–Crippen MR) is 57.4 cm³/mol. The van der Waals surface area contributed by atoms with Crippen molar-refractivity contribution in [2.75, 3.05) is 0 Å². The van der Waals surface area contributed by atoms with Crippen LogP contribution in [0.3, 0.4) is 0 Å². The van der Waals surface area contributed by atoms with Crippen LogP contribution in [0.5, 0.6) is 0 Å². The number of carbonyl (C=O) groups is 1. The van der Waals surface area contributed by atoms with E-state index in [1.165, 1.54) is 0 Å². The van der Waals surface area contributed by atoms with Gasteiger partial charge in [0, 0.05) is 25.2 Å². The Bertz CT molecular complexity index is 281. The van der Waals surface area contributed by atoms with Gasteiger partial charge >= 0.3 is 5.97 Å². The van der Waals surface area contributed by atoms with Crippen molar-refractivity contribution in [2.24, 2.45) is 0 Å². The summed E-state index contributed by atoms with van der Waals surface area (Å²) in [5.41, 5.74) is 0. The molecule has 0 saturated carbocycles. The third-order valence-electron chi connectivity index (χ3n) is 1.97. The molecule has 0 radical (unpaired) electrons. The minimum atomic E-state index is -0.107. The number of imidazole rings is 1. The molecule has 0 amide bonds.